The van der Waals surface area contributed by atoms with Gasteiger partial charge in [0, 0.05) is 11.4 Å². The van der Waals surface area contributed by atoms with Crippen LogP contribution in [-0.4, -0.2) is 0 Å². The molecule has 64 valence electrons. The maximum absolute atomic E-state index is 5.86. The zero-order valence-electron chi connectivity index (χ0n) is 6.90. The normalized spacial score (nSPS) is 9.92. The molecule has 1 aromatic rings. The summed E-state index contributed by atoms with van der Waals surface area (Å²) < 4.78 is 0.980. The van der Waals surface area contributed by atoms with Crippen molar-refractivity contribution in [3.05, 3.63) is 45.4 Å². The van der Waals surface area contributed by atoms with Crippen molar-refractivity contribution < 1.29 is 0 Å². The van der Waals surface area contributed by atoms with Crippen molar-refractivity contribution in [2.24, 2.45) is 0 Å². The molecule has 0 fully saturated rings. The van der Waals surface area contributed by atoms with Crippen LogP contribution in [0.4, 0.5) is 0 Å². The number of hydrogen-bond donors (Lipinski definition) is 0. The van der Waals surface area contributed by atoms with Crippen LogP contribution in [0.2, 0.25) is 5.02 Å². The summed E-state index contributed by atoms with van der Waals surface area (Å²) in [6.07, 6.45) is 0.840. The van der Waals surface area contributed by atoms with E-state index in [-0.39, 0.29) is 0 Å². The molecular formula is C10H10BrCl. The Labute approximate surface area is 86.4 Å². The Morgan fingerprint density at radius 2 is 2.25 bits per heavy atom. The molecule has 0 atom stereocenters. The van der Waals surface area contributed by atoms with Gasteiger partial charge in [-0.15, -0.1) is 0 Å². The summed E-state index contributed by atoms with van der Waals surface area (Å²) in [5.74, 6) is 0. The van der Waals surface area contributed by atoms with Gasteiger partial charge in [-0.2, -0.15) is 0 Å². The van der Waals surface area contributed by atoms with Gasteiger partial charge < -0.3 is 0 Å². The lowest BCUT2D eigenvalue weighted by molar-refractivity contribution is 1.21. The van der Waals surface area contributed by atoms with Crippen molar-refractivity contribution in [2.45, 2.75) is 13.3 Å². The number of aryl methyl sites for hydroxylation is 1. The van der Waals surface area contributed by atoms with Gasteiger partial charge in [-0.3, -0.25) is 0 Å². The molecule has 0 bridgehead atoms. The molecule has 0 spiro atoms. The quantitative estimate of drug-likeness (QED) is 0.736. The number of hydrogen-bond acceptors (Lipinski definition) is 0. The number of halogens is 2. The molecule has 0 saturated heterocycles. The second kappa shape index (κ2) is 4.11. The van der Waals surface area contributed by atoms with Crippen LogP contribution in [0.3, 0.4) is 0 Å². The molecule has 0 unspecified atom stereocenters. The Balaban J connectivity index is 2.97. The molecule has 0 amide bonds. The molecule has 0 N–H and O–H groups in total. The first-order valence-electron chi connectivity index (χ1n) is 3.68. The number of allylic oxidation sites excluding steroid dienone is 1. The van der Waals surface area contributed by atoms with Crippen LogP contribution < -0.4 is 0 Å². The molecule has 12 heavy (non-hydrogen) atoms. The SMILES string of the molecule is C=C(Br)Cc1cc(Cl)ccc1C. The maximum atomic E-state index is 5.86. The molecule has 1 rings (SSSR count). The summed E-state index contributed by atoms with van der Waals surface area (Å²) in [5, 5.41) is 0.782. The predicted molar refractivity (Wildman–Crippen MR) is 58.0 cm³/mol. The van der Waals surface area contributed by atoms with Crippen molar-refractivity contribution in [1.82, 2.24) is 0 Å². The van der Waals surface area contributed by atoms with Gasteiger partial charge in [-0.1, -0.05) is 40.2 Å². The van der Waals surface area contributed by atoms with Crippen LogP contribution >= 0.6 is 27.5 Å². The third kappa shape index (κ3) is 2.65. The molecular weight excluding hydrogens is 235 g/mol. The lowest BCUT2D eigenvalue weighted by atomic mass is 10.1. The van der Waals surface area contributed by atoms with E-state index < -0.39 is 0 Å². The Morgan fingerprint density at radius 3 is 2.83 bits per heavy atom. The van der Waals surface area contributed by atoms with Crippen molar-refractivity contribution >= 4 is 27.5 Å². The van der Waals surface area contributed by atoms with Crippen LogP contribution in [0.15, 0.2) is 29.3 Å². The Bertz CT molecular complexity index is 305. The zero-order valence-corrected chi connectivity index (χ0v) is 9.24. The van der Waals surface area contributed by atoms with E-state index in [1.165, 1.54) is 11.1 Å². The van der Waals surface area contributed by atoms with Gasteiger partial charge in [0.25, 0.3) is 0 Å². The molecule has 0 aromatic heterocycles. The number of benzene rings is 1. The van der Waals surface area contributed by atoms with E-state index in [1.54, 1.807) is 0 Å². The molecule has 0 aliphatic heterocycles. The topological polar surface area (TPSA) is 0 Å². The van der Waals surface area contributed by atoms with E-state index in [4.69, 9.17) is 11.6 Å². The van der Waals surface area contributed by atoms with Gasteiger partial charge >= 0.3 is 0 Å². The largest absolute Gasteiger partial charge is 0.0885 e. The highest BCUT2D eigenvalue weighted by Gasteiger charge is 1.99. The summed E-state index contributed by atoms with van der Waals surface area (Å²) in [6, 6.07) is 5.90. The van der Waals surface area contributed by atoms with E-state index in [2.05, 4.69) is 29.4 Å². The molecule has 0 radical (unpaired) electrons. The number of rotatable bonds is 2. The lowest BCUT2D eigenvalue weighted by Gasteiger charge is -2.04. The minimum absolute atomic E-state index is 0.782. The molecule has 0 heterocycles. The standard InChI is InChI=1S/C10H10BrCl/c1-7-3-4-10(12)6-9(7)5-8(2)11/h3-4,6H,2,5H2,1H3. The Hall–Kier alpha value is -0.270. The molecule has 0 aliphatic carbocycles. The van der Waals surface area contributed by atoms with Gasteiger partial charge in [0.2, 0.25) is 0 Å². The Morgan fingerprint density at radius 1 is 1.58 bits per heavy atom. The van der Waals surface area contributed by atoms with E-state index in [0.717, 1.165) is 15.9 Å². The smallest absolute Gasteiger partial charge is 0.0409 e. The summed E-state index contributed by atoms with van der Waals surface area (Å²) in [6.45, 7) is 5.87. The molecule has 0 saturated carbocycles. The fourth-order valence-corrected chi connectivity index (χ4v) is 1.53. The van der Waals surface area contributed by atoms with Crippen LogP contribution in [-0.2, 0) is 6.42 Å². The van der Waals surface area contributed by atoms with Crippen molar-refractivity contribution in [3.8, 4) is 0 Å². The third-order valence-corrected chi connectivity index (χ3v) is 2.21. The van der Waals surface area contributed by atoms with Crippen molar-refractivity contribution in [2.75, 3.05) is 0 Å². The van der Waals surface area contributed by atoms with E-state index in [9.17, 15) is 0 Å². The monoisotopic (exact) mass is 244 g/mol. The molecule has 2 heteroatoms. The summed E-state index contributed by atoms with van der Waals surface area (Å²) in [5.41, 5.74) is 2.48. The van der Waals surface area contributed by atoms with Gasteiger partial charge in [-0.25, -0.2) is 0 Å². The highest BCUT2D eigenvalue weighted by Crippen LogP contribution is 2.19. The highest BCUT2D eigenvalue weighted by atomic mass is 79.9. The summed E-state index contributed by atoms with van der Waals surface area (Å²) in [7, 11) is 0. The fourth-order valence-electron chi connectivity index (χ4n) is 1.04. The van der Waals surface area contributed by atoms with E-state index in [0.29, 0.717) is 0 Å². The second-order valence-electron chi connectivity index (χ2n) is 2.76. The molecule has 0 nitrogen and oxygen atoms in total. The van der Waals surface area contributed by atoms with Crippen LogP contribution in [0, 0.1) is 6.92 Å². The van der Waals surface area contributed by atoms with Crippen molar-refractivity contribution in [3.63, 3.8) is 0 Å². The summed E-state index contributed by atoms with van der Waals surface area (Å²) in [4.78, 5) is 0. The van der Waals surface area contributed by atoms with Crippen LogP contribution in [0.25, 0.3) is 0 Å². The van der Waals surface area contributed by atoms with Gasteiger partial charge in [0.05, 0.1) is 0 Å². The maximum Gasteiger partial charge on any atom is 0.0409 e. The van der Waals surface area contributed by atoms with E-state index >= 15 is 0 Å². The van der Waals surface area contributed by atoms with Crippen LogP contribution in [0.1, 0.15) is 11.1 Å². The molecule has 1 aromatic carbocycles. The zero-order chi connectivity index (χ0) is 9.14. The average Bonchev–Trinajstić information content (AvgIpc) is 1.96. The third-order valence-electron chi connectivity index (χ3n) is 1.69. The minimum Gasteiger partial charge on any atom is -0.0885 e. The average molecular weight is 246 g/mol. The summed E-state index contributed by atoms with van der Waals surface area (Å²) >= 11 is 9.19. The first-order chi connectivity index (χ1) is 5.59. The van der Waals surface area contributed by atoms with Gasteiger partial charge in [-0.05, 0) is 34.7 Å². The van der Waals surface area contributed by atoms with E-state index in [1.807, 2.05) is 18.2 Å². The van der Waals surface area contributed by atoms with Crippen molar-refractivity contribution in [1.29, 1.82) is 0 Å². The first-order valence-corrected chi connectivity index (χ1v) is 4.85. The highest BCUT2D eigenvalue weighted by molar-refractivity contribution is 9.11. The first kappa shape index (κ1) is 9.82. The predicted octanol–water partition coefficient (Wildman–Crippen LogP) is 4.10. The minimum atomic E-state index is 0.782. The van der Waals surface area contributed by atoms with Gasteiger partial charge in [0.15, 0.2) is 0 Å². The molecule has 0 aliphatic rings. The Kier molecular flexibility index (Phi) is 3.36. The van der Waals surface area contributed by atoms with Gasteiger partial charge in [0.1, 0.15) is 0 Å². The fraction of sp³-hybridized carbons (Fsp3) is 0.200. The van der Waals surface area contributed by atoms with Crippen LogP contribution in [0.5, 0.6) is 0 Å². The second-order valence-corrected chi connectivity index (χ2v) is 4.32. The lowest BCUT2D eigenvalue weighted by Crippen LogP contribution is -1.88.